The number of aromatic nitrogens is 2. The van der Waals surface area contributed by atoms with Crippen molar-refractivity contribution >= 4 is 11.9 Å². The number of aliphatic imine (C=N–C) groups is 1. The number of rotatable bonds is 8. The van der Waals surface area contributed by atoms with Crippen molar-refractivity contribution in [3.05, 3.63) is 88.2 Å². The van der Waals surface area contributed by atoms with Gasteiger partial charge in [0.25, 0.3) is 5.91 Å². The molecule has 1 amide bonds. The van der Waals surface area contributed by atoms with E-state index in [2.05, 4.69) is 46.5 Å². The van der Waals surface area contributed by atoms with E-state index >= 15 is 0 Å². The van der Waals surface area contributed by atoms with E-state index < -0.39 is 0 Å². The monoisotopic (exact) mass is 446 g/mol. The summed E-state index contributed by atoms with van der Waals surface area (Å²) in [7, 11) is 3.51. The van der Waals surface area contributed by atoms with Crippen molar-refractivity contribution < 1.29 is 4.79 Å². The zero-order valence-electron chi connectivity index (χ0n) is 20.2. The molecule has 2 N–H and O–H groups in total. The summed E-state index contributed by atoms with van der Waals surface area (Å²) in [6.07, 6.45) is 0. The molecule has 1 heterocycles. The zero-order valence-corrected chi connectivity index (χ0v) is 20.2. The third-order valence-electron chi connectivity index (χ3n) is 5.51. The summed E-state index contributed by atoms with van der Waals surface area (Å²) in [5.74, 6) is 0.749. The largest absolute Gasteiger partial charge is 0.357 e. The van der Waals surface area contributed by atoms with Crippen LogP contribution in [0.4, 0.5) is 0 Å². The molecule has 0 aliphatic rings. The van der Waals surface area contributed by atoms with Crippen LogP contribution in [-0.4, -0.2) is 47.2 Å². The first-order valence-electron chi connectivity index (χ1n) is 11.3. The van der Waals surface area contributed by atoms with Gasteiger partial charge in [0.1, 0.15) is 0 Å². The van der Waals surface area contributed by atoms with Gasteiger partial charge in [0.15, 0.2) is 5.96 Å². The highest BCUT2D eigenvalue weighted by molar-refractivity contribution is 5.93. The van der Waals surface area contributed by atoms with Crippen LogP contribution in [0.2, 0.25) is 0 Å². The molecule has 0 saturated heterocycles. The fourth-order valence-corrected chi connectivity index (χ4v) is 3.60. The number of carbonyl (C=O) groups excluding carboxylic acids is 1. The maximum Gasteiger partial charge on any atom is 0.253 e. The number of carbonyl (C=O) groups is 1. The molecular weight excluding hydrogens is 412 g/mol. The molecule has 7 nitrogen and oxygen atoms in total. The molecule has 0 saturated carbocycles. The summed E-state index contributed by atoms with van der Waals surface area (Å²) in [6.45, 7) is 8.91. The van der Waals surface area contributed by atoms with Gasteiger partial charge < -0.3 is 15.5 Å². The first kappa shape index (κ1) is 24.0. The first-order chi connectivity index (χ1) is 15.9. The molecule has 174 valence electrons. The van der Waals surface area contributed by atoms with Crippen LogP contribution in [0.3, 0.4) is 0 Å². The fraction of sp³-hybridized carbons (Fsp3) is 0.346. The molecule has 1 aromatic heterocycles. The number of nitrogens with zero attached hydrogens (tertiary/aromatic N) is 4. The molecule has 3 rings (SSSR count). The van der Waals surface area contributed by atoms with Crippen molar-refractivity contribution in [1.29, 1.82) is 0 Å². The molecule has 0 radical (unpaired) electrons. The third kappa shape index (κ3) is 6.44. The van der Waals surface area contributed by atoms with Crippen molar-refractivity contribution in [2.45, 2.75) is 40.4 Å². The number of benzene rings is 2. The minimum Gasteiger partial charge on any atom is -0.357 e. The van der Waals surface area contributed by atoms with Gasteiger partial charge >= 0.3 is 0 Å². The second-order valence-electron chi connectivity index (χ2n) is 8.24. The smallest absolute Gasteiger partial charge is 0.253 e. The summed E-state index contributed by atoms with van der Waals surface area (Å²) in [6, 6.07) is 18.0. The van der Waals surface area contributed by atoms with Crippen LogP contribution in [0.25, 0.3) is 0 Å². The van der Waals surface area contributed by atoms with Crippen molar-refractivity contribution in [1.82, 2.24) is 25.3 Å². The van der Waals surface area contributed by atoms with E-state index in [1.807, 2.05) is 44.2 Å². The topological polar surface area (TPSA) is 74.6 Å². The van der Waals surface area contributed by atoms with Crippen LogP contribution in [0, 0.1) is 13.8 Å². The Morgan fingerprint density at radius 1 is 1.00 bits per heavy atom. The summed E-state index contributed by atoms with van der Waals surface area (Å²) in [5, 5.41) is 11.5. The highest BCUT2D eigenvalue weighted by Gasteiger charge is 2.12. The van der Waals surface area contributed by atoms with Gasteiger partial charge in [-0.1, -0.05) is 42.5 Å². The summed E-state index contributed by atoms with van der Waals surface area (Å²) in [5.41, 5.74) is 6.31. The minimum absolute atomic E-state index is 0.00129. The maximum absolute atomic E-state index is 12.1. The van der Waals surface area contributed by atoms with Crippen molar-refractivity contribution in [2.24, 2.45) is 4.99 Å². The third-order valence-corrected chi connectivity index (χ3v) is 5.51. The average Bonchev–Trinajstić information content (AvgIpc) is 3.08. The van der Waals surface area contributed by atoms with Gasteiger partial charge in [-0.3, -0.25) is 9.48 Å². The van der Waals surface area contributed by atoms with Crippen molar-refractivity contribution in [3.8, 4) is 0 Å². The summed E-state index contributed by atoms with van der Waals surface area (Å²) >= 11 is 0. The highest BCUT2D eigenvalue weighted by Crippen LogP contribution is 2.15. The Labute approximate surface area is 196 Å². The molecular formula is C26H34N6O. The number of guanidine groups is 1. The fourth-order valence-electron chi connectivity index (χ4n) is 3.60. The van der Waals surface area contributed by atoms with Gasteiger partial charge in [-0.2, -0.15) is 5.10 Å². The molecule has 0 bridgehead atoms. The maximum atomic E-state index is 12.1. The number of aryl methyl sites for hydroxylation is 1. The molecule has 0 spiro atoms. The van der Waals surface area contributed by atoms with Gasteiger partial charge in [0, 0.05) is 44.0 Å². The normalized spacial score (nSPS) is 11.4. The number of amides is 1. The standard InChI is InChI=1S/C26H34N6O/c1-6-27-26(28-16-21-12-14-23(15-13-21)25(33)31(4)5)29-17-24-19(2)30-32(20(24)3)18-22-10-8-7-9-11-22/h7-15H,6,16-18H2,1-5H3,(H2,27,28,29). The van der Waals surface area contributed by atoms with E-state index in [0.29, 0.717) is 18.7 Å². The van der Waals surface area contributed by atoms with Crippen LogP contribution in [0.1, 0.15) is 45.4 Å². The van der Waals surface area contributed by atoms with Gasteiger partial charge in [-0.25, -0.2) is 4.99 Å². The second kappa shape index (κ2) is 11.3. The van der Waals surface area contributed by atoms with Crippen LogP contribution < -0.4 is 10.6 Å². The molecule has 2 aromatic carbocycles. The summed E-state index contributed by atoms with van der Waals surface area (Å²) < 4.78 is 2.06. The SMILES string of the molecule is CCNC(=NCc1ccc(C(=O)N(C)C)cc1)NCc1c(C)nn(Cc2ccccc2)c1C. The predicted octanol–water partition coefficient (Wildman–Crippen LogP) is 3.51. The summed E-state index contributed by atoms with van der Waals surface area (Å²) in [4.78, 5) is 18.3. The molecule has 0 aliphatic carbocycles. The van der Waals surface area contributed by atoms with E-state index in [9.17, 15) is 4.79 Å². The molecule has 7 heteroatoms. The van der Waals surface area contributed by atoms with E-state index in [-0.39, 0.29) is 5.91 Å². The quantitative estimate of drug-likeness (QED) is 0.410. The van der Waals surface area contributed by atoms with Crippen LogP contribution in [-0.2, 0) is 19.6 Å². The number of nitrogens with one attached hydrogen (secondary N) is 2. The first-order valence-corrected chi connectivity index (χ1v) is 11.3. The number of hydrogen-bond donors (Lipinski definition) is 2. The van der Waals surface area contributed by atoms with Gasteiger partial charge in [0.05, 0.1) is 18.8 Å². The highest BCUT2D eigenvalue weighted by atomic mass is 16.2. The lowest BCUT2D eigenvalue weighted by molar-refractivity contribution is 0.0827. The second-order valence-corrected chi connectivity index (χ2v) is 8.24. The lowest BCUT2D eigenvalue weighted by Crippen LogP contribution is -2.37. The molecule has 3 aromatic rings. The Morgan fingerprint density at radius 2 is 1.70 bits per heavy atom. The van der Waals surface area contributed by atoms with E-state index in [1.165, 1.54) is 11.1 Å². The number of hydrogen-bond acceptors (Lipinski definition) is 3. The molecule has 0 unspecified atom stereocenters. The van der Waals surface area contributed by atoms with E-state index in [1.54, 1.807) is 19.0 Å². The predicted molar refractivity (Wildman–Crippen MR) is 133 cm³/mol. The lowest BCUT2D eigenvalue weighted by Gasteiger charge is -2.12. The van der Waals surface area contributed by atoms with Crippen molar-refractivity contribution in [3.63, 3.8) is 0 Å². The van der Waals surface area contributed by atoms with Gasteiger partial charge in [-0.05, 0) is 44.0 Å². The molecule has 33 heavy (non-hydrogen) atoms. The Morgan fingerprint density at radius 3 is 2.33 bits per heavy atom. The van der Waals surface area contributed by atoms with Crippen LogP contribution in [0.5, 0.6) is 0 Å². The average molecular weight is 447 g/mol. The Kier molecular flexibility index (Phi) is 8.24. The molecule has 0 aliphatic heterocycles. The van der Waals surface area contributed by atoms with Crippen molar-refractivity contribution in [2.75, 3.05) is 20.6 Å². The molecule has 0 atom stereocenters. The van der Waals surface area contributed by atoms with E-state index in [4.69, 9.17) is 10.1 Å². The Bertz CT molecular complexity index is 1080. The Hall–Kier alpha value is -3.61. The van der Waals surface area contributed by atoms with E-state index in [0.717, 1.165) is 36.0 Å². The lowest BCUT2D eigenvalue weighted by atomic mass is 10.1. The minimum atomic E-state index is -0.00129. The Balaban J connectivity index is 1.65. The van der Waals surface area contributed by atoms with Gasteiger partial charge in [0.2, 0.25) is 0 Å². The van der Waals surface area contributed by atoms with Crippen LogP contribution >= 0.6 is 0 Å². The van der Waals surface area contributed by atoms with Gasteiger partial charge in [-0.15, -0.1) is 0 Å². The molecule has 0 fully saturated rings. The van der Waals surface area contributed by atoms with Crippen LogP contribution in [0.15, 0.2) is 59.6 Å². The zero-order chi connectivity index (χ0) is 23.8.